The van der Waals surface area contributed by atoms with Gasteiger partial charge in [0.15, 0.2) is 0 Å². The fraction of sp³-hybridized carbons (Fsp3) is 0.125. The normalized spacial score (nSPS) is 10.5. The molecule has 3 rings (SSSR count). The van der Waals surface area contributed by atoms with Gasteiger partial charge in [-0.3, -0.25) is 4.79 Å². The van der Waals surface area contributed by atoms with Gasteiger partial charge in [0.25, 0.3) is 5.91 Å². The number of hydrogen-bond donors (Lipinski definition) is 1. The van der Waals surface area contributed by atoms with Crippen molar-refractivity contribution in [3.63, 3.8) is 0 Å². The van der Waals surface area contributed by atoms with Crippen LogP contribution in [0.2, 0.25) is 0 Å². The lowest BCUT2D eigenvalue weighted by molar-refractivity contribution is 0.101. The summed E-state index contributed by atoms with van der Waals surface area (Å²) in [6.07, 6.45) is 0. The molecule has 0 aromatic heterocycles. The molecule has 0 aliphatic rings. The first-order chi connectivity index (χ1) is 13.4. The maximum atomic E-state index is 13.8. The summed E-state index contributed by atoms with van der Waals surface area (Å²) < 4.78 is 27.5. The molecule has 0 saturated heterocycles. The zero-order valence-electron chi connectivity index (χ0n) is 16.0. The van der Waals surface area contributed by atoms with Gasteiger partial charge in [-0.25, -0.2) is 8.78 Å². The Morgan fingerprint density at radius 2 is 1.29 bits per heavy atom. The maximum absolute atomic E-state index is 13.8. The molecule has 28 heavy (non-hydrogen) atoms. The van der Waals surface area contributed by atoms with E-state index in [9.17, 15) is 13.6 Å². The minimum atomic E-state index is -0.889. The van der Waals surface area contributed by atoms with Gasteiger partial charge in [0, 0.05) is 5.69 Å². The highest BCUT2D eigenvalue weighted by Crippen LogP contribution is 2.28. The second kappa shape index (κ2) is 8.17. The van der Waals surface area contributed by atoms with E-state index in [1.165, 1.54) is 11.6 Å². The number of halogens is 2. The van der Waals surface area contributed by atoms with Crippen molar-refractivity contribution >= 4 is 17.2 Å². The molecule has 142 valence electrons. The van der Waals surface area contributed by atoms with Gasteiger partial charge in [-0.05, 0) is 61.7 Å². The molecule has 1 amide bonds. The third-order valence-electron chi connectivity index (χ3n) is 4.46. The fourth-order valence-electron chi connectivity index (χ4n) is 3.09. The van der Waals surface area contributed by atoms with Crippen LogP contribution in [0.25, 0.3) is 5.57 Å². The second-order valence-electron chi connectivity index (χ2n) is 6.87. The van der Waals surface area contributed by atoms with Gasteiger partial charge in [-0.2, -0.15) is 0 Å². The van der Waals surface area contributed by atoms with E-state index < -0.39 is 23.1 Å². The molecule has 0 atom stereocenters. The quantitative estimate of drug-likeness (QED) is 0.562. The van der Waals surface area contributed by atoms with E-state index in [-0.39, 0.29) is 0 Å². The molecule has 3 aromatic rings. The van der Waals surface area contributed by atoms with Crippen LogP contribution < -0.4 is 5.32 Å². The summed E-state index contributed by atoms with van der Waals surface area (Å²) in [4.78, 5) is 12.2. The standard InChI is InChI=1S/C24H21F2NO/c1-15(2)22(17-9-7-16(3)8-10-17)18-11-13-19(14-12-18)27-24(28)23-20(25)5-4-6-21(23)26/h4-14H,1-3H3,(H,27,28). The molecular weight excluding hydrogens is 356 g/mol. The third kappa shape index (κ3) is 4.17. The molecule has 1 N–H and O–H groups in total. The molecule has 0 saturated carbocycles. The number of aryl methyl sites for hydroxylation is 1. The zero-order chi connectivity index (χ0) is 20.3. The summed E-state index contributed by atoms with van der Waals surface area (Å²) >= 11 is 0. The van der Waals surface area contributed by atoms with Crippen LogP contribution in [0, 0.1) is 18.6 Å². The van der Waals surface area contributed by atoms with Crippen LogP contribution in [0.15, 0.2) is 72.3 Å². The van der Waals surface area contributed by atoms with Crippen LogP contribution in [0.4, 0.5) is 14.5 Å². The summed E-state index contributed by atoms with van der Waals surface area (Å²) in [5.41, 5.74) is 5.45. The Kier molecular flexibility index (Phi) is 5.69. The average molecular weight is 377 g/mol. The second-order valence-corrected chi connectivity index (χ2v) is 6.87. The summed E-state index contributed by atoms with van der Waals surface area (Å²) in [5.74, 6) is -2.59. The van der Waals surface area contributed by atoms with Crippen LogP contribution in [-0.2, 0) is 0 Å². The van der Waals surface area contributed by atoms with Crippen LogP contribution in [0.5, 0.6) is 0 Å². The minimum absolute atomic E-state index is 0.466. The van der Waals surface area contributed by atoms with Gasteiger partial charge < -0.3 is 5.32 Å². The van der Waals surface area contributed by atoms with E-state index in [1.807, 2.05) is 32.9 Å². The van der Waals surface area contributed by atoms with Crippen molar-refractivity contribution in [2.75, 3.05) is 5.32 Å². The Morgan fingerprint density at radius 1 is 0.786 bits per heavy atom. The predicted molar refractivity (Wildman–Crippen MR) is 109 cm³/mol. The molecule has 0 unspecified atom stereocenters. The molecule has 0 aliphatic heterocycles. The number of anilines is 1. The molecule has 2 nitrogen and oxygen atoms in total. The number of carbonyl (C=O) groups is 1. The van der Waals surface area contributed by atoms with Gasteiger partial charge >= 0.3 is 0 Å². The van der Waals surface area contributed by atoms with E-state index in [4.69, 9.17) is 0 Å². The van der Waals surface area contributed by atoms with Gasteiger partial charge in [-0.15, -0.1) is 0 Å². The summed E-state index contributed by atoms with van der Waals surface area (Å²) in [5, 5.41) is 2.55. The van der Waals surface area contributed by atoms with Gasteiger partial charge in [-0.1, -0.05) is 53.6 Å². The topological polar surface area (TPSA) is 29.1 Å². The third-order valence-corrected chi connectivity index (χ3v) is 4.46. The van der Waals surface area contributed by atoms with Crippen LogP contribution in [0.3, 0.4) is 0 Å². The predicted octanol–water partition coefficient (Wildman–Crippen LogP) is 6.37. The fourth-order valence-corrected chi connectivity index (χ4v) is 3.09. The first-order valence-electron chi connectivity index (χ1n) is 8.97. The molecule has 0 fully saturated rings. The Labute approximate surface area is 163 Å². The van der Waals surface area contributed by atoms with Crippen molar-refractivity contribution in [3.05, 3.63) is 106 Å². The SMILES string of the molecule is CC(C)=C(c1ccc(C)cc1)c1ccc(NC(=O)c2c(F)cccc2F)cc1. The molecule has 0 heterocycles. The number of hydrogen-bond acceptors (Lipinski definition) is 1. The van der Waals surface area contributed by atoms with E-state index in [0.29, 0.717) is 5.69 Å². The smallest absolute Gasteiger partial charge is 0.261 e. The van der Waals surface area contributed by atoms with Crippen molar-refractivity contribution in [1.29, 1.82) is 0 Å². The summed E-state index contributed by atoms with van der Waals surface area (Å²) in [6.45, 7) is 6.14. The molecular formula is C24H21F2NO. The highest BCUT2D eigenvalue weighted by atomic mass is 19.1. The molecule has 3 aromatic carbocycles. The minimum Gasteiger partial charge on any atom is -0.322 e. The Bertz CT molecular complexity index is 1010. The van der Waals surface area contributed by atoms with Crippen molar-refractivity contribution in [2.24, 2.45) is 0 Å². The Morgan fingerprint density at radius 3 is 1.79 bits per heavy atom. The summed E-state index contributed by atoms with van der Waals surface area (Å²) in [6, 6.07) is 18.8. The van der Waals surface area contributed by atoms with E-state index >= 15 is 0 Å². The monoisotopic (exact) mass is 377 g/mol. The lowest BCUT2D eigenvalue weighted by atomic mass is 9.93. The van der Waals surface area contributed by atoms with E-state index in [1.54, 1.807) is 12.1 Å². The lowest BCUT2D eigenvalue weighted by Crippen LogP contribution is -2.15. The van der Waals surface area contributed by atoms with Crippen LogP contribution in [0.1, 0.15) is 40.9 Å². The molecule has 0 radical (unpaired) electrons. The van der Waals surface area contributed by atoms with Crippen molar-refractivity contribution in [1.82, 2.24) is 0 Å². The van der Waals surface area contributed by atoms with Crippen molar-refractivity contribution < 1.29 is 13.6 Å². The van der Waals surface area contributed by atoms with E-state index in [0.717, 1.165) is 34.4 Å². The van der Waals surface area contributed by atoms with Crippen molar-refractivity contribution in [3.8, 4) is 0 Å². The first kappa shape index (κ1) is 19.5. The first-order valence-corrected chi connectivity index (χ1v) is 8.97. The molecule has 0 aliphatic carbocycles. The van der Waals surface area contributed by atoms with E-state index in [2.05, 4.69) is 29.6 Å². The Hall–Kier alpha value is -3.27. The number of amides is 1. The van der Waals surface area contributed by atoms with Gasteiger partial charge in [0.1, 0.15) is 17.2 Å². The molecule has 4 heteroatoms. The highest BCUT2D eigenvalue weighted by molar-refractivity contribution is 6.04. The number of carbonyl (C=O) groups excluding carboxylic acids is 1. The lowest BCUT2D eigenvalue weighted by Gasteiger charge is -2.13. The Balaban J connectivity index is 1.85. The maximum Gasteiger partial charge on any atom is 0.261 e. The largest absolute Gasteiger partial charge is 0.322 e. The zero-order valence-corrected chi connectivity index (χ0v) is 16.0. The molecule has 0 bridgehead atoms. The summed E-state index contributed by atoms with van der Waals surface area (Å²) in [7, 11) is 0. The van der Waals surface area contributed by atoms with Gasteiger partial charge in [0.2, 0.25) is 0 Å². The number of nitrogens with one attached hydrogen (secondary N) is 1. The molecule has 0 spiro atoms. The van der Waals surface area contributed by atoms with Crippen LogP contribution >= 0.6 is 0 Å². The highest BCUT2D eigenvalue weighted by Gasteiger charge is 2.17. The van der Waals surface area contributed by atoms with Crippen LogP contribution in [-0.4, -0.2) is 5.91 Å². The number of rotatable bonds is 4. The van der Waals surface area contributed by atoms with Crippen molar-refractivity contribution in [2.45, 2.75) is 20.8 Å². The number of benzene rings is 3. The number of allylic oxidation sites excluding steroid dienone is 1. The van der Waals surface area contributed by atoms with Gasteiger partial charge in [0.05, 0.1) is 0 Å². The average Bonchev–Trinajstić information content (AvgIpc) is 2.64.